The zero-order valence-electron chi connectivity index (χ0n) is 8.26. The number of hydrogen-bond donors (Lipinski definition) is 2. The Balaban J connectivity index is 2.13. The average Bonchev–Trinajstić information content (AvgIpc) is 2.74. The summed E-state index contributed by atoms with van der Waals surface area (Å²) >= 11 is 0. The van der Waals surface area contributed by atoms with Crippen molar-refractivity contribution in [2.75, 3.05) is 5.73 Å². The minimum Gasteiger partial charge on any atom is -0.472 e. The van der Waals surface area contributed by atoms with Crippen LogP contribution in [-0.4, -0.2) is 4.98 Å². The lowest BCUT2D eigenvalue weighted by Crippen LogP contribution is -2.13. The van der Waals surface area contributed by atoms with E-state index in [0.717, 1.165) is 11.1 Å². The van der Waals surface area contributed by atoms with E-state index >= 15 is 0 Å². The lowest BCUT2D eigenvalue weighted by atomic mass is 10.0. The third-order valence-corrected chi connectivity index (χ3v) is 2.34. The van der Waals surface area contributed by atoms with Crippen LogP contribution in [0.1, 0.15) is 17.2 Å². The minimum atomic E-state index is -0.102. The molecule has 0 fully saturated rings. The molecule has 2 rings (SSSR count). The molecule has 15 heavy (non-hydrogen) atoms. The van der Waals surface area contributed by atoms with Crippen LogP contribution in [0.3, 0.4) is 0 Å². The molecule has 4 heteroatoms. The van der Waals surface area contributed by atoms with E-state index in [1.54, 1.807) is 18.7 Å². The first-order valence-electron chi connectivity index (χ1n) is 4.74. The first kappa shape index (κ1) is 9.73. The number of nitrogens with zero attached hydrogens (tertiary/aromatic N) is 1. The van der Waals surface area contributed by atoms with E-state index in [2.05, 4.69) is 4.98 Å². The predicted octanol–water partition coefficient (Wildman–Crippen LogP) is 1.50. The fourth-order valence-electron chi connectivity index (χ4n) is 1.46. The summed E-state index contributed by atoms with van der Waals surface area (Å²) in [5, 5.41) is 0. The van der Waals surface area contributed by atoms with E-state index in [1.807, 2.05) is 18.2 Å². The lowest BCUT2D eigenvalue weighted by molar-refractivity contribution is 0.558. The molecule has 4 N–H and O–H groups in total. The number of nitrogens with two attached hydrogens (primary N) is 2. The minimum absolute atomic E-state index is 0.102. The normalized spacial score (nSPS) is 12.6. The van der Waals surface area contributed by atoms with Gasteiger partial charge >= 0.3 is 0 Å². The van der Waals surface area contributed by atoms with Crippen LogP contribution in [0.15, 0.2) is 41.3 Å². The topological polar surface area (TPSA) is 78.1 Å². The van der Waals surface area contributed by atoms with Crippen LogP contribution in [0.25, 0.3) is 0 Å². The maximum Gasteiger partial charge on any atom is 0.126 e. The van der Waals surface area contributed by atoms with E-state index in [9.17, 15) is 0 Å². The number of hydrogen-bond acceptors (Lipinski definition) is 4. The maximum absolute atomic E-state index is 6.00. The Morgan fingerprint density at radius 2 is 2.27 bits per heavy atom. The molecule has 78 valence electrons. The standard InChI is InChI=1S/C11H13N3O/c12-10(9-3-5-15-7-9)6-8-2-1-4-14-11(8)13/h1-5,7,10H,6,12H2,(H2,13,14). The van der Waals surface area contributed by atoms with Gasteiger partial charge in [-0.15, -0.1) is 0 Å². The van der Waals surface area contributed by atoms with Crippen molar-refractivity contribution in [3.63, 3.8) is 0 Å². The molecule has 1 atom stereocenters. The molecule has 2 aromatic heterocycles. The van der Waals surface area contributed by atoms with Crippen molar-refractivity contribution >= 4 is 5.82 Å². The molecule has 0 aliphatic rings. The van der Waals surface area contributed by atoms with Crippen LogP contribution in [0.5, 0.6) is 0 Å². The van der Waals surface area contributed by atoms with E-state index < -0.39 is 0 Å². The Bertz CT molecular complexity index is 425. The molecule has 0 radical (unpaired) electrons. The number of aromatic nitrogens is 1. The highest BCUT2D eigenvalue weighted by atomic mass is 16.3. The number of furan rings is 1. The van der Waals surface area contributed by atoms with Crippen LogP contribution in [0, 0.1) is 0 Å². The van der Waals surface area contributed by atoms with Gasteiger partial charge in [-0.05, 0) is 24.1 Å². The largest absolute Gasteiger partial charge is 0.472 e. The Labute approximate surface area is 87.9 Å². The maximum atomic E-state index is 6.00. The van der Waals surface area contributed by atoms with Gasteiger partial charge in [0.25, 0.3) is 0 Å². The van der Waals surface area contributed by atoms with Gasteiger partial charge in [0.05, 0.1) is 12.5 Å². The summed E-state index contributed by atoms with van der Waals surface area (Å²) in [7, 11) is 0. The molecule has 0 bridgehead atoms. The molecule has 2 heterocycles. The zero-order valence-corrected chi connectivity index (χ0v) is 8.26. The summed E-state index contributed by atoms with van der Waals surface area (Å²) in [6, 6.07) is 5.54. The van der Waals surface area contributed by atoms with Crippen LogP contribution < -0.4 is 11.5 Å². The molecule has 0 saturated heterocycles. The molecule has 1 unspecified atom stereocenters. The Morgan fingerprint density at radius 1 is 1.40 bits per heavy atom. The number of rotatable bonds is 3. The highest BCUT2D eigenvalue weighted by Crippen LogP contribution is 2.18. The second-order valence-corrected chi connectivity index (χ2v) is 3.42. The van der Waals surface area contributed by atoms with Crippen molar-refractivity contribution in [3.8, 4) is 0 Å². The highest BCUT2D eigenvalue weighted by molar-refractivity contribution is 5.39. The Hall–Kier alpha value is -1.81. The van der Waals surface area contributed by atoms with Crippen LogP contribution in [-0.2, 0) is 6.42 Å². The summed E-state index contributed by atoms with van der Waals surface area (Å²) < 4.78 is 4.98. The molecular formula is C11H13N3O. The lowest BCUT2D eigenvalue weighted by Gasteiger charge is -2.10. The molecule has 4 nitrogen and oxygen atoms in total. The van der Waals surface area contributed by atoms with E-state index in [-0.39, 0.29) is 6.04 Å². The second-order valence-electron chi connectivity index (χ2n) is 3.42. The van der Waals surface area contributed by atoms with Gasteiger partial charge in [-0.3, -0.25) is 0 Å². The highest BCUT2D eigenvalue weighted by Gasteiger charge is 2.10. The molecule has 0 aliphatic carbocycles. The number of anilines is 1. The Morgan fingerprint density at radius 3 is 2.93 bits per heavy atom. The molecule has 2 aromatic rings. The quantitative estimate of drug-likeness (QED) is 0.792. The first-order valence-corrected chi connectivity index (χ1v) is 4.74. The van der Waals surface area contributed by atoms with Gasteiger partial charge in [-0.25, -0.2) is 4.98 Å². The number of pyridine rings is 1. The summed E-state index contributed by atoms with van der Waals surface area (Å²) in [6.45, 7) is 0. The third kappa shape index (κ3) is 2.16. The van der Waals surface area contributed by atoms with Crippen LogP contribution >= 0.6 is 0 Å². The summed E-state index contributed by atoms with van der Waals surface area (Å²) in [6.07, 6.45) is 5.60. The molecule has 0 spiro atoms. The van der Waals surface area contributed by atoms with Gasteiger partial charge in [-0.2, -0.15) is 0 Å². The smallest absolute Gasteiger partial charge is 0.126 e. The zero-order chi connectivity index (χ0) is 10.7. The van der Waals surface area contributed by atoms with Gasteiger partial charge in [0.1, 0.15) is 5.82 Å². The fourth-order valence-corrected chi connectivity index (χ4v) is 1.46. The van der Waals surface area contributed by atoms with Crippen LogP contribution in [0.4, 0.5) is 5.82 Å². The van der Waals surface area contributed by atoms with E-state index in [4.69, 9.17) is 15.9 Å². The van der Waals surface area contributed by atoms with Crippen LogP contribution in [0.2, 0.25) is 0 Å². The number of nitrogen functional groups attached to an aromatic ring is 1. The second kappa shape index (κ2) is 4.14. The summed E-state index contributed by atoms with van der Waals surface area (Å²) in [5.41, 5.74) is 13.7. The molecule has 0 aromatic carbocycles. The van der Waals surface area contributed by atoms with Crippen molar-refractivity contribution in [1.29, 1.82) is 0 Å². The van der Waals surface area contributed by atoms with E-state index in [1.165, 1.54) is 0 Å². The average molecular weight is 203 g/mol. The van der Waals surface area contributed by atoms with Crippen molar-refractivity contribution in [2.24, 2.45) is 5.73 Å². The van der Waals surface area contributed by atoms with Gasteiger partial charge < -0.3 is 15.9 Å². The van der Waals surface area contributed by atoms with Gasteiger partial charge in [0.15, 0.2) is 0 Å². The molecule has 0 saturated carbocycles. The fraction of sp³-hybridized carbons (Fsp3) is 0.182. The van der Waals surface area contributed by atoms with Crippen molar-refractivity contribution in [3.05, 3.63) is 48.0 Å². The Kier molecular flexibility index (Phi) is 2.69. The van der Waals surface area contributed by atoms with Gasteiger partial charge in [-0.1, -0.05) is 6.07 Å². The molecule has 0 aliphatic heterocycles. The van der Waals surface area contributed by atoms with E-state index in [0.29, 0.717) is 12.2 Å². The summed E-state index contributed by atoms with van der Waals surface area (Å²) in [5.74, 6) is 0.538. The monoisotopic (exact) mass is 203 g/mol. The predicted molar refractivity (Wildman–Crippen MR) is 58.0 cm³/mol. The SMILES string of the molecule is Nc1ncccc1CC(N)c1ccoc1. The van der Waals surface area contributed by atoms with Gasteiger partial charge in [0, 0.05) is 17.8 Å². The van der Waals surface area contributed by atoms with Crippen molar-refractivity contribution < 1.29 is 4.42 Å². The van der Waals surface area contributed by atoms with Gasteiger partial charge in [0.2, 0.25) is 0 Å². The molecule has 0 amide bonds. The van der Waals surface area contributed by atoms with Crippen molar-refractivity contribution in [1.82, 2.24) is 4.98 Å². The first-order chi connectivity index (χ1) is 7.27. The third-order valence-electron chi connectivity index (χ3n) is 2.34. The molecular weight excluding hydrogens is 190 g/mol. The van der Waals surface area contributed by atoms with Crippen molar-refractivity contribution in [2.45, 2.75) is 12.5 Å². The summed E-state index contributed by atoms with van der Waals surface area (Å²) in [4.78, 5) is 4.01.